The zero-order chi connectivity index (χ0) is 17.3. The Morgan fingerprint density at radius 1 is 1.25 bits per heavy atom. The molecular weight excluding hydrogens is 306 g/mol. The van der Waals surface area contributed by atoms with Crippen molar-refractivity contribution in [2.75, 3.05) is 5.32 Å². The van der Waals surface area contributed by atoms with E-state index in [0.29, 0.717) is 22.7 Å². The molecule has 0 radical (unpaired) electrons. The molecule has 0 atom stereocenters. The summed E-state index contributed by atoms with van der Waals surface area (Å²) in [4.78, 5) is 20.6. The van der Waals surface area contributed by atoms with Crippen LogP contribution in [0.4, 0.5) is 10.5 Å². The first kappa shape index (κ1) is 16.0. The Balaban J connectivity index is 1.94. The number of amides is 1. The fraction of sp³-hybridized carbons (Fsp3) is 0.278. The van der Waals surface area contributed by atoms with Crippen molar-refractivity contribution in [2.24, 2.45) is 0 Å². The lowest BCUT2D eigenvalue weighted by Crippen LogP contribution is -2.27. The molecule has 0 spiro atoms. The number of aromatic nitrogens is 2. The quantitative estimate of drug-likeness (QED) is 0.748. The van der Waals surface area contributed by atoms with Crippen LogP contribution in [0.1, 0.15) is 26.3 Å². The Bertz CT molecular complexity index is 894. The maximum absolute atomic E-state index is 12.0. The molecular formula is C18H19N3O3. The third kappa shape index (κ3) is 3.53. The number of rotatable bonds is 2. The van der Waals surface area contributed by atoms with Crippen LogP contribution in [-0.4, -0.2) is 21.7 Å². The summed E-state index contributed by atoms with van der Waals surface area (Å²) >= 11 is 0. The maximum atomic E-state index is 12.0. The van der Waals surface area contributed by atoms with Gasteiger partial charge in [-0.3, -0.25) is 10.3 Å². The lowest BCUT2D eigenvalue weighted by molar-refractivity contribution is 0.0636. The number of nitrogens with one attached hydrogen (secondary N) is 1. The van der Waals surface area contributed by atoms with E-state index in [1.807, 2.05) is 25.1 Å². The van der Waals surface area contributed by atoms with Crippen LogP contribution in [0.15, 0.2) is 41.1 Å². The fourth-order valence-electron chi connectivity index (χ4n) is 2.25. The average molecular weight is 325 g/mol. The second kappa shape index (κ2) is 5.96. The van der Waals surface area contributed by atoms with Crippen molar-refractivity contribution >= 4 is 22.9 Å². The van der Waals surface area contributed by atoms with Gasteiger partial charge in [-0.25, -0.2) is 9.78 Å². The van der Waals surface area contributed by atoms with Gasteiger partial charge in [0.25, 0.3) is 0 Å². The predicted molar refractivity (Wildman–Crippen MR) is 91.8 cm³/mol. The molecule has 0 saturated heterocycles. The molecule has 6 nitrogen and oxygen atoms in total. The number of carbonyl (C=O) groups is 1. The van der Waals surface area contributed by atoms with Gasteiger partial charge in [-0.15, -0.1) is 0 Å². The van der Waals surface area contributed by atoms with E-state index in [1.54, 1.807) is 39.2 Å². The fourth-order valence-corrected chi connectivity index (χ4v) is 2.25. The molecule has 0 unspecified atom stereocenters. The number of ether oxygens (including phenoxy) is 1. The zero-order valence-electron chi connectivity index (χ0n) is 14.1. The predicted octanol–water partition coefficient (Wildman–Crippen LogP) is 4.55. The number of pyridine rings is 1. The summed E-state index contributed by atoms with van der Waals surface area (Å²) in [5, 5.41) is 2.70. The topological polar surface area (TPSA) is 77.2 Å². The largest absolute Gasteiger partial charge is 0.444 e. The molecule has 2 heterocycles. The van der Waals surface area contributed by atoms with E-state index in [2.05, 4.69) is 15.3 Å². The summed E-state index contributed by atoms with van der Waals surface area (Å²) in [5.41, 5.74) is 3.10. The number of hydrogen-bond acceptors (Lipinski definition) is 5. The van der Waals surface area contributed by atoms with E-state index >= 15 is 0 Å². The Labute approximate surface area is 139 Å². The molecule has 0 aliphatic rings. The molecule has 3 aromatic rings. The molecule has 0 saturated carbocycles. The number of anilines is 1. The van der Waals surface area contributed by atoms with Crippen molar-refractivity contribution in [3.05, 3.63) is 42.2 Å². The van der Waals surface area contributed by atoms with Gasteiger partial charge in [0.15, 0.2) is 5.58 Å². The molecule has 1 N–H and O–H groups in total. The molecule has 0 aliphatic carbocycles. The molecule has 3 rings (SSSR count). The number of aryl methyl sites for hydroxylation is 1. The average Bonchev–Trinajstić information content (AvgIpc) is 2.88. The minimum Gasteiger partial charge on any atom is -0.444 e. The van der Waals surface area contributed by atoms with E-state index in [1.165, 1.54) is 0 Å². The highest BCUT2D eigenvalue weighted by Crippen LogP contribution is 2.30. The summed E-state index contributed by atoms with van der Waals surface area (Å²) in [6.07, 6.45) is 2.61. The number of carbonyl (C=O) groups excluding carboxylic acids is 1. The minimum atomic E-state index is -0.582. The summed E-state index contributed by atoms with van der Waals surface area (Å²) in [6, 6.07) is 7.53. The summed E-state index contributed by atoms with van der Waals surface area (Å²) in [5.74, 6) is 0.420. The number of nitrogens with zero attached hydrogens (tertiary/aromatic N) is 2. The second-order valence-corrected chi connectivity index (χ2v) is 6.54. The van der Waals surface area contributed by atoms with Crippen LogP contribution < -0.4 is 5.32 Å². The molecule has 0 fully saturated rings. The smallest absolute Gasteiger partial charge is 0.412 e. The summed E-state index contributed by atoms with van der Waals surface area (Å²) in [6.45, 7) is 7.41. The van der Waals surface area contributed by atoms with Crippen molar-refractivity contribution in [1.29, 1.82) is 0 Å². The number of fused-ring (bicyclic) bond motifs is 1. The third-order valence-corrected chi connectivity index (χ3v) is 3.23. The first-order valence-corrected chi connectivity index (χ1v) is 7.63. The second-order valence-electron chi connectivity index (χ2n) is 6.54. The highest BCUT2D eigenvalue weighted by atomic mass is 16.6. The highest BCUT2D eigenvalue weighted by Gasteiger charge is 2.19. The van der Waals surface area contributed by atoms with Crippen molar-refractivity contribution in [3.8, 4) is 11.5 Å². The van der Waals surface area contributed by atoms with Crippen molar-refractivity contribution in [1.82, 2.24) is 9.97 Å². The summed E-state index contributed by atoms with van der Waals surface area (Å²) < 4.78 is 11.1. The molecule has 0 bridgehead atoms. The van der Waals surface area contributed by atoms with Crippen LogP contribution in [0.2, 0.25) is 0 Å². The molecule has 1 amide bonds. The van der Waals surface area contributed by atoms with Gasteiger partial charge in [-0.2, -0.15) is 0 Å². The van der Waals surface area contributed by atoms with Crippen LogP contribution in [0.5, 0.6) is 0 Å². The molecule has 1 aromatic carbocycles. The maximum Gasteiger partial charge on any atom is 0.412 e. The Kier molecular flexibility index (Phi) is 3.97. The van der Waals surface area contributed by atoms with Gasteiger partial charge >= 0.3 is 6.09 Å². The molecule has 0 aliphatic heterocycles. The number of oxazole rings is 1. The zero-order valence-corrected chi connectivity index (χ0v) is 14.1. The lowest BCUT2D eigenvalue weighted by atomic mass is 10.2. The van der Waals surface area contributed by atoms with E-state index in [-0.39, 0.29) is 0 Å². The Hall–Kier alpha value is -2.89. The minimum absolute atomic E-state index is 0.420. The standard InChI is InChI=1S/C18H19N3O3/c1-11-5-6-15-13(9-11)20-16(23-15)12-7-8-19-10-14(12)21-17(22)24-18(2,3)4/h5-10H,1-4H3,(H,21,22). The first-order valence-electron chi connectivity index (χ1n) is 7.63. The van der Waals surface area contributed by atoms with Gasteiger partial charge in [-0.05, 0) is 51.5 Å². The first-order chi connectivity index (χ1) is 11.3. The Morgan fingerprint density at radius 3 is 2.79 bits per heavy atom. The third-order valence-electron chi connectivity index (χ3n) is 3.23. The molecule has 6 heteroatoms. The number of benzene rings is 1. The summed E-state index contributed by atoms with van der Waals surface area (Å²) in [7, 11) is 0. The van der Waals surface area contributed by atoms with Gasteiger partial charge in [0.2, 0.25) is 5.89 Å². The van der Waals surface area contributed by atoms with Gasteiger partial charge < -0.3 is 9.15 Å². The van der Waals surface area contributed by atoms with Crippen LogP contribution in [-0.2, 0) is 4.74 Å². The van der Waals surface area contributed by atoms with Crippen molar-refractivity contribution in [3.63, 3.8) is 0 Å². The molecule has 24 heavy (non-hydrogen) atoms. The van der Waals surface area contributed by atoms with Crippen LogP contribution in [0, 0.1) is 6.92 Å². The van der Waals surface area contributed by atoms with E-state index in [0.717, 1.165) is 11.1 Å². The van der Waals surface area contributed by atoms with Gasteiger partial charge in [-0.1, -0.05) is 6.07 Å². The number of hydrogen-bond donors (Lipinski definition) is 1. The van der Waals surface area contributed by atoms with Gasteiger partial charge in [0, 0.05) is 6.20 Å². The molecule has 2 aromatic heterocycles. The van der Waals surface area contributed by atoms with E-state index in [4.69, 9.17) is 9.15 Å². The van der Waals surface area contributed by atoms with E-state index < -0.39 is 11.7 Å². The van der Waals surface area contributed by atoms with Gasteiger partial charge in [0.1, 0.15) is 11.1 Å². The molecule has 124 valence electrons. The van der Waals surface area contributed by atoms with Crippen LogP contribution >= 0.6 is 0 Å². The van der Waals surface area contributed by atoms with Crippen molar-refractivity contribution < 1.29 is 13.9 Å². The van der Waals surface area contributed by atoms with E-state index in [9.17, 15) is 4.79 Å². The van der Waals surface area contributed by atoms with Crippen LogP contribution in [0.3, 0.4) is 0 Å². The van der Waals surface area contributed by atoms with Crippen molar-refractivity contribution in [2.45, 2.75) is 33.3 Å². The monoisotopic (exact) mass is 325 g/mol. The lowest BCUT2D eigenvalue weighted by Gasteiger charge is -2.20. The van der Waals surface area contributed by atoms with Crippen LogP contribution in [0.25, 0.3) is 22.6 Å². The SMILES string of the molecule is Cc1ccc2oc(-c3ccncc3NC(=O)OC(C)(C)C)nc2c1. The highest BCUT2D eigenvalue weighted by molar-refractivity contribution is 5.90. The Morgan fingerprint density at radius 2 is 2.04 bits per heavy atom. The normalized spacial score (nSPS) is 11.5. The van der Waals surface area contributed by atoms with Gasteiger partial charge in [0.05, 0.1) is 17.4 Å².